The average Bonchev–Trinajstić information content (AvgIpc) is 3.19. The van der Waals surface area contributed by atoms with Crippen molar-refractivity contribution in [3.05, 3.63) is 41.9 Å². The third-order valence-corrected chi connectivity index (χ3v) is 6.66. The molecule has 0 spiro atoms. The molecule has 0 saturated carbocycles. The van der Waals surface area contributed by atoms with E-state index < -0.39 is 15.7 Å². The molecule has 12 nitrogen and oxygen atoms in total. The highest BCUT2D eigenvalue weighted by atomic mass is 32.2. The summed E-state index contributed by atoms with van der Waals surface area (Å²) in [6, 6.07) is 6.06. The van der Waals surface area contributed by atoms with Crippen LogP contribution in [0.1, 0.15) is 25.3 Å². The second-order valence-electron chi connectivity index (χ2n) is 8.88. The SMILES string of the molecule is Cc1cc(CC(=O)Nc2cc(Nc3ncc4c(n3)N(C(C)C)CC(=O)N4C)cc(S(C)(=O)=O)c2)on1. The van der Waals surface area contributed by atoms with Crippen molar-refractivity contribution in [2.24, 2.45) is 0 Å². The molecule has 2 N–H and O–H groups in total. The van der Waals surface area contributed by atoms with Crippen molar-refractivity contribution in [2.45, 2.75) is 38.1 Å². The third kappa shape index (κ3) is 5.46. The lowest BCUT2D eigenvalue weighted by atomic mass is 10.2. The first-order valence-corrected chi connectivity index (χ1v) is 13.0. The van der Waals surface area contributed by atoms with Crippen molar-refractivity contribution in [3.8, 4) is 0 Å². The zero-order chi connectivity index (χ0) is 26.2. The van der Waals surface area contributed by atoms with Crippen LogP contribution in [-0.4, -0.2) is 61.2 Å². The summed E-state index contributed by atoms with van der Waals surface area (Å²) in [6.07, 6.45) is 2.56. The summed E-state index contributed by atoms with van der Waals surface area (Å²) < 4.78 is 29.7. The Morgan fingerprint density at radius 1 is 1.19 bits per heavy atom. The van der Waals surface area contributed by atoms with Crippen LogP contribution in [0.15, 0.2) is 39.9 Å². The highest BCUT2D eigenvalue weighted by Gasteiger charge is 2.30. The molecule has 0 atom stereocenters. The number of fused-ring (bicyclic) bond motifs is 1. The Hall–Kier alpha value is -4.00. The van der Waals surface area contributed by atoms with Gasteiger partial charge in [0.2, 0.25) is 17.8 Å². The lowest BCUT2D eigenvalue weighted by molar-refractivity contribution is -0.117. The molecule has 0 bridgehead atoms. The van der Waals surface area contributed by atoms with Crippen molar-refractivity contribution < 1.29 is 22.5 Å². The number of aryl methyl sites for hydroxylation is 1. The molecule has 0 radical (unpaired) electrons. The minimum Gasteiger partial charge on any atom is -0.361 e. The zero-order valence-corrected chi connectivity index (χ0v) is 21.4. The van der Waals surface area contributed by atoms with Crippen molar-refractivity contribution in [2.75, 3.05) is 40.3 Å². The summed E-state index contributed by atoms with van der Waals surface area (Å²) in [5, 5.41) is 9.47. The number of nitrogens with one attached hydrogen (secondary N) is 2. The van der Waals surface area contributed by atoms with Crippen molar-refractivity contribution in [3.63, 3.8) is 0 Å². The van der Waals surface area contributed by atoms with Gasteiger partial charge in [-0.2, -0.15) is 4.98 Å². The van der Waals surface area contributed by atoms with Crippen LogP contribution < -0.4 is 20.4 Å². The Balaban J connectivity index is 1.63. The monoisotopic (exact) mass is 513 g/mol. The number of rotatable bonds is 7. The molecular weight excluding hydrogens is 486 g/mol. The molecule has 0 unspecified atom stereocenters. The fourth-order valence-corrected chi connectivity index (χ4v) is 4.39. The Kier molecular flexibility index (Phi) is 6.67. The summed E-state index contributed by atoms with van der Waals surface area (Å²) in [7, 11) is -1.93. The largest absolute Gasteiger partial charge is 0.361 e. The maximum absolute atomic E-state index is 12.5. The van der Waals surface area contributed by atoms with E-state index in [1.54, 1.807) is 32.3 Å². The quantitative estimate of drug-likeness (QED) is 0.481. The molecule has 2 aromatic heterocycles. The van der Waals surface area contributed by atoms with E-state index in [-0.39, 0.29) is 41.4 Å². The molecule has 36 heavy (non-hydrogen) atoms. The van der Waals surface area contributed by atoms with Crippen LogP contribution in [0.5, 0.6) is 0 Å². The molecule has 190 valence electrons. The minimum absolute atomic E-state index is 0.00501. The first-order chi connectivity index (χ1) is 16.9. The van der Waals surface area contributed by atoms with Gasteiger partial charge in [0.05, 0.1) is 29.8 Å². The molecule has 2 amide bonds. The zero-order valence-electron chi connectivity index (χ0n) is 20.6. The van der Waals surface area contributed by atoms with E-state index in [0.717, 1.165) is 6.26 Å². The summed E-state index contributed by atoms with van der Waals surface area (Å²) in [6.45, 7) is 5.85. The van der Waals surface area contributed by atoms with Crippen LogP contribution in [0.25, 0.3) is 0 Å². The second-order valence-corrected chi connectivity index (χ2v) is 10.9. The van der Waals surface area contributed by atoms with Crippen molar-refractivity contribution in [1.29, 1.82) is 0 Å². The molecule has 13 heteroatoms. The van der Waals surface area contributed by atoms with E-state index in [0.29, 0.717) is 28.6 Å². The molecule has 1 aromatic carbocycles. The minimum atomic E-state index is -3.59. The normalized spacial score (nSPS) is 13.7. The van der Waals surface area contributed by atoms with Crippen LogP contribution in [0.3, 0.4) is 0 Å². The lowest BCUT2D eigenvalue weighted by Gasteiger charge is -2.36. The van der Waals surface area contributed by atoms with Gasteiger partial charge >= 0.3 is 0 Å². The number of aromatic nitrogens is 3. The predicted octanol–water partition coefficient (Wildman–Crippen LogP) is 2.29. The maximum Gasteiger partial charge on any atom is 0.246 e. The first-order valence-electron chi connectivity index (χ1n) is 11.1. The summed E-state index contributed by atoms with van der Waals surface area (Å²) in [5.41, 5.74) is 1.86. The number of likely N-dealkylation sites (N-methyl/N-ethyl adjacent to an activating group) is 1. The predicted molar refractivity (Wildman–Crippen MR) is 134 cm³/mol. The number of hydrogen-bond donors (Lipinski definition) is 2. The van der Waals surface area contributed by atoms with E-state index in [9.17, 15) is 18.0 Å². The molecule has 4 rings (SSSR count). The molecule has 1 aliphatic rings. The number of nitrogens with zero attached hydrogens (tertiary/aromatic N) is 5. The third-order valence-electron chi connectivity index (χ3n) is 5.57. The molecule has 3 aromatic rings. The van der Waals surface area contributed by atoms with E-state index in [1.165, 1.54) is 17.0 Å². The standard InChI is InChI=1S/C23H27N7O5S/c1-13(2)30-12-21(32)29(4)19-11-24-23(27-22(19)30)26-16-7-15(8-18(9-16)36(5,33)34)25-20(31)10-17-6-14(3)28-35-17/h6-9,11,13H,10,12H2,1-5H3,(H,25,31)(H,24,26,27). The molecule has 3 heterocycles. The number of amides is 2. The van der Waals surface area contributed by atoms with E-state index >= 15 is 0 Å². The highest BCUT2D eigenvalue weighted by Crippen LogP contribution is 2.33. The number of anilines is 5. The van der Waals surface area contributed by atoms with Crippen LogP contribution in [0.4, 0.5) is 28.8 Å². The van der Waals surface area contributed by atoms with E-state index in [4.69, 9.17) is 4.52 Å². The maximum atomic E-state index is 12.5. The Labute approximate surface area is 208 Å². The van der Waals surface area contributed by atoms with Gasteiger partial charge in [-0.25, -0.2) is 13.4 Å². The summed E-state index contributed by atoms with van der Waals surface area (Å²) in [5.74, 6) is 0.723. The molecule has 0 aliphatic carbocycles. The van der Waals surface area contributed by atoms with Crippen LogP contribution in [0, 0.1) is 6.92 Å². The number of sulfone groups is 1. The fraction of sp³-hybridized carbons (Fsp3) is 0.348. The van der Waals surface area contributed by atoms with Gasteiger partial charge in [-0.15, -0.1) is 0 Å². The van der Waals surface area contributed by atoms with Gasteiger partial charge in [0.15, 0.2) is 15.7 Å². The van der Waals surface area contributed by atoms with Gasteiger partial charge in [-0.1, -0.05) is 5.16 Å². The second kappa shape index (κ2) is 9.57. The van der Waals surface area contributed by atoms with E-state index in [1.807, 2.05) is 18.7 Å². The number of carbonyl (C=O) groups excluding carboxylic acids is 2. The van der Waals surface area contributed by atoms with Crippen molar-refractivity contribution in [1.82, 2.24) is 15.1 Å². The van der Waals surface area contributed by atoms with Gasteiger partial charge in [0.25, 0.3) is 0 Å². The first kappa shape index (κ1) is 25.1. The van der Waals surface area contributed by atoms with Crippen molar-refractivity contribution >= 4 is 50.5 Å². The Bertz CT molecular complexity index is 1430. The Morgan fingerprint density at radius 2 is 1.92 bits per heavy atom. The number of benzene rings is 1. The molecular formula is C23H27N7O5S. The van der Waals surface area contributed by atoms with Gasteiger partial charge in [-0.05, 0) is 39.0 Å². The number of hydrogen-bond acceptors (Lipinski definition) is 10. The molecule has 0 saturated heterocycles. The van der Waals surface area contributed by atoms with Gasteiger partial charge < -0.3 is 25.0 Å². The smallest absolute Gasteiger partial charge is 0.246 e. The lowest BCUT2D eigenvalue weighted by Crippen LogP contribution is -2.47. The van der Waals surface area contributed by atoms with Crippen LogP contribution in [0.2, 0.25) is 0 Å². The number of carbonyl (C=O) groups is 2. The summed E-state index contributed by atoms with van der Waals surface area (Å²) >= 11 is 0. The van der Waals surface area contributed by atoms with Crippen LogP contribution >= 0.6 is 0 Å². The highest BCUT2D eigenvalue weighted by molar-refractivity contribution is 7.90. The summed E-state index contributed by atoms with van der Waals surface area (Å²) in [4.78, 5) is 37.1. The van der Waals surface area contributed by atoms with Gasteiger partial charge in [0.1, 0.15) is 11.4 Å². The molecule has 0 fully saturated rings. The topological polar surface area (TPSA) is 151 Å². The fourth-order valence-electron chi connectivity index (χ4n) is 3.71. The van der Waals surface area contributed by atoms with E-state index in [2.05, 4.69) is 25.8 Å². The molecule has 1 aliphatic heterocycles. The van der Waals surface area contributed by atoms with Gasteiger partial charge in [-0.3, -0.25) is 9.59 Å². The Morgan fingerprint density at radius 3 is 2.56 bits per heavy atom. The van der Waals surface area contributed by atoms with Crippen LogP contribution in [-0.2, 0) is 25.8 Å². The van der Waals surface area contributed by atoms with Gasteiger partial charge in [0, 0.05) is 36.8 Å². The average molecular weight is 514 g/mol.